The summed E-state index contributed by atoms with van der Waals surface area (Å²) in [6.07, 6.45) is 1.70. The number of aryl methyl sites for hydroxylation is 1. The number of ether oxygens (including phenoxy) is 1. The van der Waals surface area contributed by atoms with Gasteiger partial charge in [-0.05, 0) is 48.9 Å². The Morgan fingerprint density at radius 1 is 1.00 bits per heavy atom. The van der Waals surface area contributed by atoms with Crippen molar-refractivity contribution in [2.45, 2.75) is 6.92 Å². The number of nitrogens with zero attached hydrogens (tertiary/aromatic N) is 2. The molecule has 0 spiro atoms. The number of rotatable bonds is 7. The molecule has 160 valence electrons. The maximum absolute atomic E-state index is 12.8. The molecule has 0 bridgehead atoms. The standard InChI is InChI=1S/C25H22N4O2S/c1-17-8-12-20(13-9-17)23(30)28-24-22(19-6-4-3-5-7-19)27-25(32-24)29-26-16-18-10-14-21(31-2)15-11-18/h3-16H,1-2H3,(H,27,29)(H,28,30)/b26-16-. The van der Waals surface area contributed by atoms with Crippen LogP contribution in [0.25, 0.3) is 11.3 Å². The fourth-order valence-corrected chi connectivity index (χ4v) is 3.81. The van der Waals surface area contributed by atoms with Gasteiger partial charge in [0.1, 0.15) is 16.4 Å². The lowest BCUT2D eigenvalue weighted by atomic mass is 10.1. The summed E-state index contributed by atoms with van der Waals surface area (Å²) in [7, 11) is 1.63. The topological polar surface area (TPSA) is 75.6 Å². The summed E-state index contributed by atoms with van der Waals surface area (Å²) in [6, 6.07) is 24.8. The van der Waals surface area contributed by atoms with Crippen molar-refractivity contribution in [1.82, 2.24) is 4.98 Å². The molecule has 32 heavy (non-hydrogen) atoms. The second-order valence-corrected chi connectivity index (χ2v) is 8.03. The lowest BCUT2D eigenvalue weighted by molar-refractivity contribution is 0.102. The number of thiazole rings is 1. The molecule has 3 aromatic carbocycles. The molecule has 0 aliphatic rings. The van der Waals surface area contributed by atoms with Crippen LogP contribution in [0.4, 0.5) is 10.1 Å². The molecule has 4 rings (SSSR count). The Hall–Kier alpha value is -3.97. The van der Waals surface area contributed by atoms with Crippen molar-refractivity contribution in [3.63, 3.8) is 0 Å². The fraction of sp³-hybridized carbons (Fsp3) is 0.0800. The van der Waals surface area contributed by atoms with Crippen LogP contribution in [0.3, 0.4) is 0 Å². The van der Waals surface area contributed by atoms with Crippen LogP contribution in [0, 0.1) is 6.92 Å². The minimum absolute atomic E-state index is 0.181. The van der Waals surface area contributed by atoms with Gasteiger partial charge in [-0.3, -0.25) is 10.2 Å². The van der Waals surface area contributed by atoms with Crippen LogP contribution in [0.5, 0.6) is 5.75 Å². The van der Waals surface area contributed by atoms with Gasteiger partial charge in [-0.25, -0.2) is 4.98 Å². The van der Waals surface area contributed by atoms with Gasteiger partial charge in [0.15, 0.2) is 0 Å². The van der Waals surface area contributed by atoms with Gasteiger partial charge in [0.2, 0.25) is 5.13 Å². The Bertz CT molecular complexity index is 1220. The maximum atomic E-state index is 12.8. The quantitative estimate of drug-likeness (QED) is 0.279. The third kappa shape index (κ3) is 5.19. The first-order valence-corrected chi connectivity index (χ1v) is 10.8. The van der Waals surface area contributed by atoms with Crippen molar-refractivity contribution in [1.29, 1.82) is 0 Å². The zero-order valence-corrected chi connectivity index (χ0v) is 18.5. The Morgan fingerprint density at radius 3 is 2.41 bits per heavy atom. The number of hydrogen-bond acceptors (Lipinski definition) is 6. The average Bonchev–Trinajstić information content (AvgIpc) is 3.23. The molecule has 0 unspecified atom stereocenters. The number of nitrogens with one attached hydrogen (secondary N) is 2. The third-order valence-corrected chi connectivity index (χ3v) is 5.58. The van der Waals surface area contributed by atoms with Crippen molar-refractivity contribution in [2.75, 3.05) is 17.9 Å². The average molecular weight is 443 g/mol. The number of hydrazone groups is 1. The van der Waals surface area contributed by atoms with Crippen molar-refractivity contribution in [3.05, 3.63) is 95.6 Å². The molecule has 0 saturated carbocycles. The number of benzene rings is 3. The van der Waals surface area contributed by atoms with E-state index in [2.05, 4.69) is 20.8 Å². The Kier molecular flexibility index (Phi) is 6.57. The predicted octanol–water partition coefficient (Wildman–Crippen LogP) is 5.83. The van der Waals surface area contributed by atoms with Gasteiger partial charge in [-0.1, -0.05) is 59.4 Å². The normalized spacial score (nSPS) is 10.8. The highest BCUT2D eigenvalue weighted by Crippen LogP contribution is 2.36. The minimum atomic E-state index is -0.181. The highest BCUT2D eigenvalue weighted by atomic mass is 32.1. The van der Waals surface area contributed by atoms with E-state index in [1.165, 1.54) is 11.3 Å². The van der Waals surface area contributed by atoms with Crippen molar-refractivity contribution in [3.8, 4) is 17.0 Å². The molecule has 0 aliphatic heterocycles. The molecule has 2 N–H and O–H groups in total. The van der Waals surface area contributed by atoms with Gasteiger partial charge in [0, 0.05) is 11.1 Å². The summed E-state index contributed by atoms with van der Waals surface area (Å²) in [6.45, 7) is 1.99. The summed E-state index contributed by atoms with van der Waals surface area (Å²) in [5.74, 6) is 0.607. The van der Waals surface area contributed by atoms with E-state index in [0.29, 0.717) is 21.4 Å². The SMILES string of the molecule is COc1ccc(/C=N\Nc2nc(-c3ccccc3)c(NC(=O)c3ccc(C)cc3)s2)cc1. The van der Waals surface area contributed by atoms with Crippen LogP contribution in [0.2, 0.25) is 0 Å². The van der Waals surface area contributed by atoms with E-state index in [1.807, 2.05) is 85.8 Å². The maximum Gasteiger partial charge on any atom is 0.256 e. The summed E-state index contributed by atoms with van der Waals surface area (Å²) >= 11 is 1.33. The molecule has 0 aliphatic carbocycles. The molecule has 0 atom stereocenters. The fourth-order valence-electron chi connectivity index (χ4n) is 2.98. The molecule has 0 saturated heterocycles. The van der Waals surface area contributed by atoms with E-state index < -0.39 is 0 Å². The predicted molar refractivity (Wildman–Crippen MR) is 131 cm³/mol. The summed E-state index contributed by atoms with van der Waals surface area (Å²) < 4.78 is 5.17. The van der Waals surface area contributed by atoms with Gasteiger partial charge in [0.05, 0.1) is 13.3 Å². The first kappa shape index (κ1) is 21.3. The van der Waals surface area contributed by atoms with E-state index in [1.54, 1.807) is 13.3 Å². The van der Waals surface area contributed by atoms with Crippen molar-refractivity contribution in [2.24, 2.45) is 5.10 Å². The van der Waals surface area contributed by atoms with Crippen LogP contribution < -0.4 is 15.5 Å². The van der Waals surface area contributed by atoms with Crippen LogP contribution in [0.1, 0.15) is 21.5 Å². The van der Waals surface area contributed by atoms with E-state index >= 15 is 0 Å². The zero-order valence-electron chi connectivity index (χ0n) is 17.7. The Balaban J connectivity index is 1.55. The van der Waals surface area contributed by atoms with Crippen LogP contribution in [0.15, 0.2) is 84.0 Å². The highest BCUT2D eigenvalue weighted by Gasteiger charge is 2.16. The van der Waals surface area contributed by atoms with Gasteiger partial charge in [0.25, 0.3) is 5.91 Å². The number of aromatic nitrogens is 1. The van der Waals surface area contributed by atoms with E-state index in [0.717, 1.165) is 22.4 Å². The molecular formula is C25H22N4O2S. The second kappa shape index (κ2) is 9.89. The number of carbonyl (C=O) groups is 1. The number of hydrogen-bond donors (Lipinski definition) is 2. The molecule has 1 heterocycles. The number of amides is 1. The summed E-state index contributed by atoms with van der Waals surface area (Å²) in [4.78, 5) is 17.4. The number of carbonyl (C=O) groups excluding carboxylic acids is 1. The van der Waals surface area contributed by atoms with Gasteiger partial charge >= 0.3 is 0 Å². The molecule has 1 aromatic heterocycles. The molecule has 7 heteroatoms. The zero-order chi connectivity index (χ0) is 22.3. The molecule has 6 nitrogen and oxygen atoms in total. The van der Waals surface area contributed by atoms with Crippen molar-refractivity contribution >= 4 is 33.6 Å². The second-order valence-electron chi connectivity index (χ2n) is 7.03. The van der Waals surface area contributed by atoms with E-state index in [-0.39, 0.29) is 5.91 Å². The molecular weight excluding hydrogens is 420 g/mol. The highest BCUT2D eigenvalue weighted by molar-refractivity contribution is 7.20. The molecule has 0 fully saturated rings. The van der Waals surface area contributed by atoms with Gasteiger partial charge < -0.3 is 10.1 Å². The van der Waals surface area contributed by atoms with E-state index in [9.17, 15) is 4.79 Å². The largest absolute Gasteiger partial charge is 0.497 e. The minimum Gasteiger partial charge on any atom is -0.497 e. The summed E-state index contributed by atoms with van der Waals surface area (Å²) in [5, 5.41) is 8.51. The Morgan fingerprint density at radius 2 is 1.72 bits per heavy atom. The number of methoxy groups -OCH3 is 1. The van der Waals surface area contributed by atoms with Crippen LogP contribution in [-0.2, 0) is 0 Å². The Labute approximate surface area is 190 Å². The first-order chi connectivity index (χ1) is 15.6. The third-order valence-electron chi connectivity index (χ3n) is 4.70. The summed E-state index contributed by atoms with van der Waals surface area (Å²) in [5.41, 5.74) is 7.19. The lowest BCUT2D eigenvalue weighted by Gasteiger charge is -2.05. The van der Waals surface area contributed by atoms with Crippen LogP contribution in [-0.4, -0.2) is 24.2 Å². The smallest absolute Gasteiger partial charge is 0.256 e. The van der Waals surface area contributed by atoms with Crippen molar-refractivity contribution < 1.29 is 9.53 Å². The monoisotopic (exact) mass is 442 g/mol. The lowest BCUT2D eigenvalue weighted by Crippen LogP contribution is -2.11. The van der Waals surface area contributed by atoms with Gasteiger partial charge in [-0.15, -0.1) is 0 Å². The van der Waals surface area contributed by atoms with Crippen LogP contribution >= 0.6 is 11.3 Å². The first-order valence-electron chi connectivity index (χ1n) is 10.00. The van der Waals surface area contributed by atoms with E-state index in [4.69, 9.17) is 4.74 Å². The molecule has 1 amide bonds. The number of anilines is 2. The van der Waals surface area contributed by atoms with Gasteiger partial charge in [-0.2, -0.15) is 5.10 Å². The molecule has 4 aromatic rings. The molecule has 0 radical (unpaired) electrons.